The molecule has 1 aliphatic rings. The monoisotopic (exact) mass is 268 g/mol. The molecule has 2 aromatic carbocycles. The van der Waals surface area contributed by atoms with E-state index in [1.165, 1.54) is 17.1 Å². The highest BCUT2D eigenvalue weighted by atomic mass is 19.1. The summed E-state index contributed by atoms with van der Waals surface area (Å²) < 4.78 is 12.9. The first-order chi connectivity index (χ1) is 9.72. The first kappa shape index (κ1) is 12.5. The number of rotatable bonds is 3. The molecule has 1 aliphatic heterocycles. The Morgan fingerprint density at radius 3 is 2.45 bits per heavy atom. The van der Waals surface area contributed by atoms with E-state index in [9.17, 15) is 9.18 Å². The predicted octanol–water partition coefficient (Wildman–Crippen LogP) is 3.16. The normalized spacial score (nSPS) is 14.6. The summed E-state index contributed by atoms with van der Waals surface area (Å²) in [4.78, 5) is 12.0. The fourth-order valence-corrected chi connectivity index (χ4v) is 2.20. The van der Waals surface area contributed by atoms with Crippen molar-refractivity contribution in [1.29, 1.82) is 0 Å². The lowest BCUT2D eigenvalue weighted by Crippen LogP contribution is -2.19. The smallest absolute Gasteiger partial charge is 0.253 e. The zero-order valence-corrected chi connectivity index (χ0v) is 10.8. The first-order valence-corrected chi connectivity index (χ1v) is 6.41. The fourth-order valence-electron chi connectivity index (χ4n) is 2.20. The van der Waals surface area contributed by atoms with Gasteiger partial charge in [0, 0.05) is 6.42 Å². The Bertz CT molecular complexity index is 650. The van der Waals surface area contributed by atoms with Crippen molar-refractivity contribution in [2.45, 2.75) is 12.8 Å². The van der Waals surface area contributed by atoms with E-state index in [1.54, 1.807) is 12.1 Å². The lowest BCUT2D eigenvalue weighted by Gasteiger charge is -2.10. The van der Waals surface area contributed by atoms with Crippen molar-refractivity contribution in [2.75, 3.05) is 5.01 Å². The third kappa shape index (κ3) is 2.59. The van der Waals surface area contributed by atoms with E-state index in [1.807, 2.05) is 30.3 Å². The van der Waals surface area contributed by atoms with Gasteiger partial charge in [-0.05, 0) is 29.8 Å². The van der Waals surface area contributed by atoms with Gasteiger partial charge in [-0.2, -0.15) is 5.10 Å². The third-order valence-electron chi connectivity index (χ3n) is 3.16. The van der Waals surface area contributed by atoms with E-state index in [4.69, 9.17) is 0 Å². The van der Waals surface area contributed by atoms with Crippen LogP contribution in [0.5, 0.6) is 0 Å². The van der Waals surface area contributed by atoms with E-state index >= 15 is 0 Å². The Morgan fingerprint density at radius 1 is 1.05 bits per heavy atom. The van der Waals surface area contributed by atoms with Gasteiger partial charge in [-0.15, -0.1) is 0 Å². The number of amides is 1. The summed E-state index contributed by atoms with van der Waals surface area (Å²) >= 11 is 0. The number of halogens is 1. The molecule has 0 bridgehead atoms. The molecule has 0 aliphatic carbocycles. The predicted molar refractivity (Wildman–Crippen MR) is 76.1 cm³/mol. The highest BCUT2D eigenvalue weighted by molar-refractivity contribution is 6.13. The number of hydrogen-bond acceptors (Lipinski definition) is 2. The molecule has 3 nitrogen and oxygen atoms in total. The molecule has 0 aromatic heterocycles. The molecular weight excluding hydrogens is 255 g/mol. The molecule has 0 saturated carbocycles. The van der Waals surface area contributed by atoms with Crippen molar-refractivity contribution >= 4 is 17.3 Å². The maximum absolute atomic E-state index is 12.9. The molecule has 0 radical (unpaired) electrons. The van der Waals surface area contributed by atoms with Gasteiger partial charge in [-0.3, -0.25) is 4.79 Å². The fraction of sp³-hybridized carbons (Fsp3) is 0.125. The average molecular weight is 268 g/mol. The van der Waals surface area contributed by atoms with E-state index in [-0.39, 0.29) is 11.7 Å². The molecule has 0 saturated heterocycles. The topological polar surface area (TPSA) is 32.7 Å². The summed E-state index contributed by atoms with van der Waals surface area (Å²) in [7, 11) is 0. The van der Waals surface area contributed by atoms with Gasteiger partial charge in [0.1, 0.15) is 5.82 Å². The number of carbonyl (C=O) groups is 1. The van der Waals surface area contributed by atoms with Crippen LogP contribution in [0.2, 0.25) is 0 Å². The molecule has 100 valence electrons. The zero-order chi connectivity index (χ0) is 13.9. The molecule has 0 unspecified atom stereocenters. The number of hydrogen-bond donors (Lipinski definition) is 0. The van der Waals surface area contributed by atoms with Gasteiger partial charge < -0.3 is 0 Å². The summed E-state index contributed by atoms with van der Waals surface area (Å²) in [6.07, 6.45) is 0.969. The molecule has 2 aromatic rings. The molecule has 0 spiro atoms. The number of carbonyl (C=O) groups excluding carboxylic acids is 1. The van der Waals surface area contributed by atoms with Crippen molar-refractivity contribution in [3.8, 4) is 0 Å². The second kappa shape index (κ2) is 5.25. The maximum atomic E-state index is 12.9. The van der Waals surface area contributed by atoms with E-state index in [0.717, 1.165) is 11.3 Å². The maximum Gasteiger partial charge on any atom is 0.253 e. The molecule has 1 heterocycles. The van der Waals surface area contributed by atoms with Gasteiger partial charge in [0.25, 0.3) is 5.91 Å². The Kier molecular flexibility index (Phi) is 3.29. The highest BCUT2D eigenvalue weighted by Gasteiger charge is 2.25. The Labute approximate surface area is 116 Å². The van der Waals surface area contributed by atoms with Crippen LogP contribution < -0.4 is 5.01 Å². The first-order valence-electron chi connectivity index (χ1n) is 6.41. The molecule has 0 N–H and O–H groups in total. The van der Waals surface area contributed by atoms with E-state index in [2.05, 4.69) is 5.10 Å². The lowest BCUT2D eigenvalue weighted by atomic mass is 10.1. The second-order valence-corrected chi connectivity index (χ2v) is 4.69. The highest BCUT2D eigenvalue weighted by Crippen LogP contribution is 2.21. The van der Waals surface area contributed by atoms with Crippen LogP contribution in [-0.2, 0) is 11.2 Å². The van der Waals surface area contributed by atoms with Crippen LogP contribution in [-0.4, -0.2) is 11.6 Å². The zero-order valence-electron chi connectivity index (χ0n) is 10.8. The Hall–Kier alpha value is -2.49. The van der Waals surface area contributed by atoms with Gasteiger partial charge in [-0.1, -0.05) is 30.3 Å². The molecule has 0 fully saturated rings. The van der Waals surface area contributed by atoms with E-state index in [0.29, 0.717) is 18.5 Å². The van der Waals surface area contributed by atoms with Crippen molar-refractivity contribution in [1.82, 2.24) is 0 Å². The van der Waals surface area contributed by atoms with Crippen LogP contribution >= 0.6 is 0 Å². The van der Waals surface area contributed by atoms with Crippen molar-refractivity contribution in [3.63, 3.8) is 0 Å². The summed E-state index contributed by atoms with van der Waals surface area (Å²) in [5.74, 6) is -0.406. The summed E-state index contributed by atoms with van der Waals surface area (Å²) in [5, 5.41) is 5.69. The molecule has 4 heteroatoms. The molecular formula is C16H13FN2O. The van der Waals surface area contributed by atoms with Gasteiger partial charge in [-0.25, -0.2) is 9.40 Å². The summed E-state index contributed by atoms with van der Waals surface area (Å²) in [6, 6.07) is 15.7. The van der Waals surface area contributed by atoms with Crippen molar-refractivity contribution < 1.29 is 9.18 Å². The number of anilines is 1. The van der Waals surface area contributed by atoms with Crippen LogP contribution in [0.4, 0.5) is 10.1 Å². The van der Waals surface area contributed by atoms with Crippen LogP contribution in [0.25, 0.3) is 0 Å². The molecule has 20 heavy (non-hydrogen) atoms. The van der Waals surface area contributed by atoms with Crippen molar-refractivity contribution in [2.24, 2.45) is 5.10 Å². The second-order valence-electron chi connectivity index (χ2n) is 4.69. The van der Waals surface area contributed by atoms with Gasteiger partial charge in [0.05, 0.1) is 17.8 Å². The SMILES string of the molecule is O=C1CC(Cc2ccccc2)=NN1c1ccc(F)cc1. The minimum absolute atomic E-state index is 0.0810. The van der Waals surface area contributed by atoms with Gasteiger partial charge in [0.2, 0.25) is 0 Å². The van der Waals surface area contributed by atoms with E-state index < -0.39 is 0 Å². The average Bonchev–Trinajstić information content (AvgIpc) is 2.81. The van der Waals surface area contributed by atoms with Crippen LogP contribution in [0, 0.1) is 5.82 Å². The molecule has 0 atom stereocenters. The summed E-state index contributed by atoms with van der Waals surface area (Å²) in [6.45, 7) is 0. The minimum atomic E-state index is -0.325. The quantitative estimate of drug-likeness (QED) is 0.841. The number of nitrogens with zero attached hydrogens (tertiary/aromatic N) is 2. The Morgan fingerprint density at radius 2 is 1.75 bits per heavy atom. The van der Waals surface area contributed by atoms with Crippen LogP contribution in [0.15, 0.2) is 59.7 Å². The van der Waals surface area contributed by atoms with Gasteiger partial charge in [0.15, 0.2) is 0 Å². The molecule has 1 amide bonds. The third-order valence-corrected chi connectivity index (χ3v) is 3.16. The largest absolute Gasteiger partial charge is 0.272 e. The summed E-state index contributed by atoms with van der Waals surface area (Å²) in [5.41, 5.74) is 2.55. The van der Waals surface area contributed by atoms with Gasteiger partial charge >= 0.3 is 0 Å². The van der Waals surface area contributed by atoms with Crippen LogP contribution in [0.1, 0.15) is 12.0 Å². The minimum Gasteiger partial charge on any atom is -0.272 e. The number of benzene rings is 2. The van der Waals surface area contributed by atoms with Crippen molar-refractivity contribution in [3.05, 3.63) is 66.0 Å². The molecule has 3 rings (SSSR count). The number of hydrazone groups is 1. The lowest BCUT2D eigenvalue weighted by molar-refractivity contribution is -0.116. The van der Waals surface area contributed by atoms with Crippen LogP contribution in [0.3, 0.4) is 0 Å². The Balaban J connectivity index is 1.80. The standard InChI is InChI=1S/C16H13FN2O/c17-13-6-8-15(9-7-13)19-16(20)11-14(18-19)10-12-4-2-1-3-5-12/h1-9H,10-11H2.